The van der Waals surface area contributed by atoms with Gasteiger partial charge in [-0.15, -0.1) is 0 Å². The largest absolute Gasteiger partial charge is 0.395 e. The summed E-state index contributed by atoms with van der Waals surface area (Å²) in [5.41, 5.74) is 1.25. The Balaban J connectivity index is 2.01. The third kappa shape index (κ3) is 3.80. The van der Waals surface area contributed by atoms with Gasteiger partial charge in [-0.05, 0) is 31.4 Å². The van der Waals surface area contributed by atoms with E-state index in [1.165, 1.54) is 6.42 Å². The molecular formula is C15H18N2O2. The quantitative estimate of drug-likeness (QED) is 0.817. The maximum atomic E-state index is 12.2. The zero-order valence-electron chi connectivity index (χ0n) is 10.9. The summed E-state index contributed by atoms with van der Waals surface area (Å²) < 4.78 is 0. The van der Waals surface area contributed by atoms with E-state index in [1.807, 2.05) is 4.90 Å². The van der Waals surface area contributed by atoms with E-state index < -0.39 is 0 Å². The van der Waals surface area contributed by atoms with Gasteiger partial charge < -0.3 is 10.0 Å². The summed E-state index contributed by atoms with van der Waals surface area (Å²) in [5, 5.41) is 8.64. The van der Waals surface area contributed by atoms with Crippen molar-refractivity contribution in [1.29, 1.82) is 0 Å². The number of aromatic nitrogens is 1. The van der Waals surface area contributed by atoms with Crippen molar-refractivity contribution in [2.24, 2.45) is 0 Å². The molecule has 1 amide bonds. The molecule has 1 fully saturated rings. The highest BCUT2D eigenvalue weighted by atomic mass is 16.2. The number of likely N-dealkylation sites (tertiary alicyclic amines) is 1. The van der Waals surface area contributed by atoms with Crippen molar-refractivity contribution in [3.05, 3.63) is 29.6 Å². The maximum absolute atomic E-state index is 12.2. The Morgan fingerprint density at radius 3 is 2.74 bits per heavy atom. The van der Waals surface area contributed by atoms with E-state index in [4.69, 9.17) is 5.11 Å². The van der Waals surface area contributed by atoms with Gasteiger partial charge in [-0.1, -0.05) is 11.8 Å². The third-order valence-corrected chi connectivity index (χ3v) is 3.10. The van der Waals surface area contributed by atoms with Crippen LogP contribution in [0.4, 0.5) is 0 Å². The molecule has 1 aromatic heterocycles. The summed E-state index contributed by atoms with van der Waals surface area (Å²) in [4.78, 5) is 18.2. The Labute approximate surface area is 113 Å². The molecule has 100 valence electrons. The van der Waals surface area contributed by atoms with Crippen molar-refractivity contribution in [3.63, 3.8) is 0 Å². The number of hydrogen-bond acceptors (Lipinski definition) is 3. The number of aliphatic hydroxyl groups excluding tert-OH is 1. The number of carbonyl (C=O) groups excluding carboxylic acids is 1. The molecule has 0 bridgehead atoms. The average molecular weight is 258 g/mol. The van der Waals surface area contributed by atoms with E-state index in [9.17, 15) is 4.79 Å². The van der Waals surface area contributed by atoms with Crippen molar-refractivity contribution >= 4 is 5.91 Å². The molecule has 2 heterocycles. The summed E-state index contributed by atoms with van der Waals surface area (Å²) in [7, 11) is 0. The van der Waals surface area contributed by atoms with Crippen LogP contribution in [0.3, 0.4) is 0 Å². The van der Waals surface area contributed by atoms with Crippen LogP contribution in [0, 0.1) is 11.8 Å². The minimum Gasteiger partial charge on any atom is -0.395 e. The Morgan fingerprint density at radius 2 is 2.11 bits per heavy atom. The van der Waals surface area contributed by atoms with Gasteiger partial charge in [0, 0.05) is 31.3 Å². The number of aliphatic hydroxyl groups is 1. The second-order valence-electron chi connectivity index (χ2n) is 4.56. The van der Waals surface area contributed by atoms with Crippen LogP contribution >= 0.6 is 0 Å². The van der Waals surface area contributed by atoms with Crippen molar-refractivity contribution in [2.75, 3.05) is 19.7 Å². The van der Waals surface area contributed by atoms with Crippen LogP contribution in [0.2, 0.25) is 0 Å². The highest BCUT2D eigenvalue weighted by Gasteiger charge is 2.18. The summed E-state index contributed by atoms with van der Waals surface area (Å²) in [6.07, 6.45) is 5.43. The molecule has 4 nitrogen and oxygen atoms in total. The zero-order valence-corrected chi connectivity index (χ0v) is 10.9. The number of nitrogens with zero attached hydrogens (tertiary/aromatic N) is 2. The molecule has 1 aromatic rings. The summed E-state index contributed by atoms with van der Waals surface area (Å²) >= 11 is 0. The van der Waals surface area contributed by atoms with Gasteiger partial charge in [0.05, 0.1) is 6.61 Å². The van der Waals surface area contributed by atoms with Crippen LogP contribution in [0.1, 0.15) is 41.7 Å². The number of pyridine rings is 1. The van der Waals surface area contributed by atoms with Crippen LogP contribution in [0.15, 0.2) is 18.3 Å². The highest BCUT2D eigenvalue weighted by Crippen LogP contribution is 2.12. The van der Waals surface area contributed by atoms with Gasteiger partial charge >= 0.3 is 0 Å². The molecule has 0 spiro atoms. The van der Waals surface area contributed by atoms with Crippen LogP contribution < -0.4 is 0 Å². The van der Waals surface area contributed by atoms with Crippen molar-refractivity contribution in [1.82, 2.24) is 9.88 Å². The number of carbonyl (C=O) groups is 1. The van der Waals surface area contributed by atoms with Crippen LogP contribution in [-0.2, 0) is 0 Å². The van der Waals surface area contributed by atoms with Crippen LogP contribution in [-0.4, -0.2) is 40.6 Å². The fourth-order valence-electron chi connectivity index (χ4n) is 2.07. The summed E-state index contributed by atoms with van der Waals surface area (Å²) in [6.45, 7) is 1.73. The Morgan fingerprint density at radius 1 is 1.32 bits per heavy atom. The Hall–Kier alpha value is -1.86. The third-order valence-electron chi connectivity index (χ3n) is 3.10. The van der Waals surface area contributed by atoms with Gasteiger partial charge in [-0.25, -0.2) is 4.98 Å². The van der Waals surface area contributed by atoms with Crippen molar-refractivity contribution in [3.8, 4) is 11.8 Å². The van der Waals surface area contributed by atoms with E-state index in [1.54, 1.807) is 18.3 Å². The lowest BCUT2D eigenvalue weighted by Crippen LogP contribution is -2.36. The predicted molar refractivity (Wildman–Crippen MR) is 72.6 cm³/mol. The Kier molecular flexibility index (Phi) is 4.93. The monoisotopic (exact) mass is 258 g/mol. The molecule has 1 N–H and O–H groups in total. The van der Waals surface area contributed by atoms with Crippen LogP contribution in [0.25, 0.3) is 0 Å². The standard InChI is InChI=1S/C15H18N2O2/c18-11-5-2-6-13-7-8-14(16-12-13)15(19)17-9-3-1-4-10-17/h7-8,12,18H,1,3-5,9-11H2. The molecular weight excluding hydrogens is 240 g/mol. The van der Waals surface area contributed by atoms with Crippen molar-refractivity contribution in [2.45, 2.75) is 25.7 Å². The molecule has 0 unspecified atom stereocenters. The Bertz CT molecular complexity index is 479. The number of rotatable bonds is 2. The molecule has 0 aliphatic carbocycles. The van der Waals surface area contributed by atoms with E-state index >= 15 is 0 Å². The topological polar surface area (TPSA) is 53.4 Å². The van der Waals surface area contributed by atoms with Gasteiger partial charge in [0.2, 0.25) is 0 Å². The first-order chi connectivity index (χ1) is 9.31. The molecule has 2 rings (SSSR count). The second kappa shape index (κ2) is 6.91. The predicted octanol–water partition coefficient (Wildman–Crippen LogP) is 1.44. The van der Waals surface area contributed by atoms with Gasteiger partial charge in [0.25, 0.3) is 5.91 Å². The van der Waals surface area contributed by atoms with E-state index in [2.05, 4.69) is 16.8 Å². The van der Waals surface area contributed by atoms with E-state index in [-0.39, 0.29) is 12.5 Å². The van der Waals surface area contributed by atoms with Gasteiger partial charge in [-0.2, -0.15) is 0 Å². The first kappa shape index (κ1) is 13.6. The number of hydrogen-bond donors (Lipinski definition) is 1. The summed E-state index contributed by atoms with van der Waals surface area (Å²) in [6, 6.07) is 3.52. The molecule has 0 radical (unpaired) electrons. The molecule has 19 heavy (non-hydrogen) atoms. The normalized spacial score (nSPS) is 14.7. The van der Waals surface area contributed by atoms with E-state index in [0.717, 1.165) is 31.5 Å². The molecule has 0 atom stereocenters. The molecule has 1 aliphatic rings. The average Bonchev–Trinajstić information content (AvgIpc) is 2.48. The minimum absolute atomic E-state index is 0.00886. The smallest absolute Gasteiger partial charge is 0.272 e. The van der Waals surface area contributed by atoms with Gasteiger partial charge in [0.15, 0.2) is 0 Å². The molecule has 4 heteroatoms. The second-order valence-corrected chi connectivity index (χ2v) is 4.56. The molecule has 0 saturated carbocycles. The summed E-state index contributed by atoms with van der Waals surface area (Å²) in [5.74, 6) is 5.73. The van der Waals surface area contributed by atoms with E-state index in [0.29, 0.717) is 12.1 Å². The highest BCUT2D eigenvalue weighted by molar-refractivity contribution is 5.92. The van der Waals surface area contributed by atoms with Crippen molar-refractivity contribution < 1.29 is 9.90 Å². The van der Waals surface area contributed by atoms with Gasteiger partial charge in [-0.3, -0.25) is 4.79 Å². The zero-order chi connectivity index (χ0) is 13.5. The number of amides is 1. The first-order valence-corrected chi connectivity index (χ1v) is 6.66. The number of piperidine rings is 1. The minimum atomic E-state index is 0.00886. The fourth-order valence-corrected chi connectivity index (χ4v) is 2.07. The lowest BCUT2D eigenvalue weighted by atomic mass is 10.1. The lowest BCUT2D eigenvalue weighted by Gasteiger charge is -2.26. The molecule has 0 aromatic carbocycles. The first-order valence-electron chi connectivity index (χ1n) is 6.66. The van der Waals surface area contributed by atoms with Crippen LogP contribution in [0.5, 0.6) is 0 Å². The lowest BCUT2D eigenvalue weighted by molar-refractivity contribution is 0.0718. The molecule has 1 saturated heterocycles. The SMILES string of the molecule is O=C(c1ccc(C#CCCO)cn1)N1CCCCC1. The van der Waals surface area contributed by atoms with Gasteiger partial charge in [0.1, 0.15) is 5.69 Å². The fraction of sp³-hybridized carbons (Fsp3) is 0.467. The maximum Gasteiger partial charge on any atom is 0.272 e. The molecule has 1 aliphatic heterocycles.